The zero-order valence-corrected chi connectivity index (χ0v) is 16.7. The molecule has 4 rings (SSSR count). The normalized spacial score (nSPS) is 13.7. The number of hydrogen-bond acceptors (Lipinski definition) is 4. The molecule has 2 heterocycles. The van der Waals surface area contributed by atoms with Gasteiger partial charge in [0.15, 0.2) is 0 Å². The molecule has 0 saturated heterocycles. The van der Waals surface area contributed by atoms with E-state index in [1.807, 2.05) is 31.2 Å². The lowest BCUT2D eigenvalue weighted by Crippen LogP contribution is -2.28. The van der Waals surface area contributed by atoms with Crippen molar-refractivity contribution in [3.8, 4) is 0 Å². The first kappa shape index (κ1) is 18.5. The number of nitrogens with one attached hydrogen (secondary N) is 1. The smallest absolute Gasteiger partial charge is 0.251 e. The second-order valence-corrected chi connectivity index (χ2v) is 8.89. The van der Waals surface area contributed by atoms with E-state index in [-0.39, 0.29) is 5.91 Å². The number of rotatable bonds is 5. The molecule has 2 aromatic carbocycles. The molecule has 0 radical (unpaired) electrons. The third kappa shape index (κ3) is 3.35. The van der Waals surface area contributed by atoms with Crippen molar-refractivity contribution in [3.63, 3.8) is 0 Å². The van der Waals surface area contributed by atoms with Crippen LogP contribution in [0.5, 0.6) is 0 Å². The van der Waals surface area contributed by atoms with E-state index in [1.54, 1.807) is 18.2 Å². The standard InChI is InChI=1S/C20H22N4O3S/c1-14-22-17-5-3-4-6-19(17)23(14)12-10-21-20(25)16-7-8-18-15(13-16)9-11-24(18)28(2,26)27/h3-8,13H,9-12H2,1-2H3,(H,21,25). The molecule has 1 N–H and O–H groups in total. The van der Waals surface area contributed by atoms with Crippen molar-refractivity contribution in [2.45, 2.75) is 19.9 Å². The summed E-state index contributed by atoms with van der Waals surface area (Å²) < 4.78 is 27.1. The fourth-order valence-corrected chi connectivity index (χ4v) is 4.68. The highest BCUT2D eigenvalue weighted by Crippen LogP contribution is 2.30. The number of aromatic nitrogens is 2. The van der Waals surface area contributed by atoms with Crippen LogP contribution >= 0.6 is 0 Å². The number of carbonyl (C=O) groups excluding carboxylic acids is 1. The summed E-state index contributed by atoms with van der Waals surface area (Å²) in [5.41, 5.74) is 4.09. The number of nitrogens with zero attached hydrogens (tertiary/aromatic N) is 3. The third-order valence-corrected chi connectivity index (χ3v) is 6.24. The number of sulfonamides is 1. The molecular weight excluding hydrogens is 376 g/mol. The maximum Gasteiger partial charge on any atom is 0.251 e. The van der Waals surface area contributed by atoms with Crippen LogP contribution in [-0.4, -0.2) is 43.2 Å². The van der Waals surface area contributed by atoms with Crippen molar-refractivity contribution < 1.29 is 13.2 Å². The molecule has 28 heavy (non-hydrogen) atoms. The van der Waals surface area contributed by atoms with Gasteiger partial charge in [0.1, 0.15) is 5.82 Å². The largest absolute Gasteiger partial charge is 0.350 e. The summed E-state index contributed by atoms with van der Waals surface area (Å²) in [6, 6.07) is 13.1. The Morgan fingerprint density at radius 1 is 1.21 bits per heavy atom. The van der Waals surface area contributed by atoms with Crippen molar-refractivity contribution in [2.24, 2.45) is 0 Å². The number of amides is 1. The lowest BCUT2D eigenvalue weighted by atomic mass is 10.1. The van der Waals surface area contributed by atoms with Crippen molar-refractivity contribution in [1.29, 1.82) is 0 Å². The van der Waals surface area contributed by atoms with Gasteiger partial charge in [-0.1, -0.05) is 12.1 Å². The van der Waals surface area contributed by atoms with Crippen LogP contribution in [0.3, 0.4) is 0 Å². The van der Waals surface area contributed by atoms with Gasteiger partial charge in [-0.15, -0.1) is 0 Å². The van der Waals surface area contributed by atoms with Gasteiger partial charge in [-0.05, 0) is 49.2 Å². The second-order valence-electron chi connectivity index (χ2n) is 6.98. The Morgan fingerprint density at radius 2 is 2.00 bits per heavy atom. The maximum absolute atomic E-state index is 12.5. The predicted molar refractivity (Wildman–Crippen MR) is 109 cm³/mol. The van der Waals surface area contributed by atoms with E-state index in [9.17, 15) is 13.2 Å². The fraction of sp³-hybridized carbons (Fsp3) is 0.300. The number of anilines is 1. The molecule has 0 saturated carbocycles. The van der Waals surface area contributed by atoms with Gasteiger partial charge >= 0.3 is 0 Å². The van der Waals surface area contributed by atoms with Crippen LogP contribution in [0.4, 0.5) is 5.69 Å². The van der Waals surface area contributed by atoms with Crippen molar-refractivity contribution in [2.75, 3.05) is 23.7 Å². The fourth-order valence-electron chi connectivity index (χ4n) is 3.72. The Balaban J connectivity index is 1.44. The van der Waals surface area contributed by atoms with E-state index >= 15 is 0 Å². The molecule has 0 aliphatic carbocycles. The Morgan fingerprint density at radius 3 is 2.79 bits per heavy atom. The van der Waals surface area contributed by atoms with E-state index in [4.69, 9.17) is 0 Å². The van der Waals surface area contributed by atoms with E-state index in [2.05, 4.69) is 14.9 Å². The monoisotopic (exact) mass is 398 g/mol. The molecule has 1 amide bonds. The number of para-hydroxylation sites is 2. The zero-order valence-electron chi connectivity index (χ0n) is 15.8. The van der Waals surface area contributed by atoms with Crippen LogP contribution < -0.4 is 9.62 Å². The summed E-state index contributed by atoms with van der Waals surface area (Å²) in [5, 5.41) is 2.94. The van der Waals surface area contributed by atoms with Gasteiger partial charge in [0, 0.05) is 25.2 Å². The molecule has 1 aromatic heterocycles. The van der Waals surface area contributed by atoms with Crippen molar-refractivity contribution >= 4 is 32.7 Å². The van der Waals surface area contributed by atoms with Crippen LogP contribution in [0, 0.1) is 6.92 Å². The van der Waals surface area contributed by atoms with Crippen molar-refractivity contribution in [3.05, 3.63) is 59.4 Å². The minimum atomic E-state index is -3.29. The SMILES string of the molecule is Cc1nc2ccccc2n1CCNC(=O)c1ccc2c(c1)CCN2S(C)(=O)=O. The van der Waals surface area contributed by atoms with Gasteiger partial charge in [0.25, 0.3) is 5.91 Å². The quantitative estimate of drug-likeness (QED) is 0.713. The molecular formula is C20H22N4O3S. The Labute approximate surface area is 164 Å². The van der Waals surface area contributed by atoms with E-state index in [0.717, 1.165) is 22.4 Å². The van der Waals surface area contributed by atoms with Gasteiger partial charge in [0.05, 0.1) is 23.0 Å². The Kier molecular flexibility index (Phi) is 4.58. The third-order valence-electron chi connectivity index (χ3n) is 5.06. The summed E-state index contributed by atoms with van der Waals surface area (Å²) in [5.74, 6) is 0.747. The molecule has 1 aliphatic heterocycles. The molecule has 1 aliphatic rings. The average molecular weight is 398 g/mol. The topological polar surface area (TPSA) is 84.3 Å². The van der Waals surface area contributed by atoms with Crippen LogP contribution in [0.2, 0.25) is 0 Å². The molecule has 8 heteroatoms. The Bertz CT molecular complexity index is 1170. The summed E-state index contributed by atoms with van der Waals surface area (Å²) in [4.78, 5) is 17.1. The van der Waals surface area contributed by atoms with Gasteiger partial charge in [0.2, 0.25) is 10.0 Å². The number of carbonyl (C=O) groups is 1. The average Bonchev–Trinajstić information content (AvgIpc) is 3.22. The molecule has 0 unspecified atom stereocenters. The highest BCUT2D eigenvalue weighted by atomic mass is 32.2. The lowest BCUT2D eigenvalue weighted by Gasteiger charge is -2.16. The highest BCUT2D eigenvalue weighted by molar-refractivity contribution is 7.92. The molecule has 0 fully saturated rings. The van der Waals surface area contributed by atoms with Crippen LogP contribution in [0.15, 0.2) is 42.5 Å². The van der Waals surface area contributed by atoms with Crippen LogP contribution in [0.1, 0.15) is 21.7 Å². The van der Waals surface area contributed by atoms with Gasteiger partial charge in [-0.3, -0.25) is 9.10 Å². The number of fused-ring (bicyclic) bond motifs is 2. The zero-order chi connectivity index (χ0) is 19.9. The first-order chi connectivity index (χ1) is 13.3. The molecule has 3 aromatic rings. The van der Waals surface area contributed by atoms with Gasteiger partial charge in [-0.2, -0.15) is 0 Å². The number of aryl methyl sites for hydroxylation is 1. The van der Waals surface area contributed by atoms with Crippen molar-refractivity contribution in [1.82, 2.24) is 14.9 Å². The minimum absolute atomic E-state index is 0.164. The minimum Gasteiger partial charge on any atom is -0.350 e. The first-order valence-corrected chi connectivity index (χ1v) is 11.0. The molecule has 146 valence electrons. The van der Waals surface area contributed by atoms with Crippen LogP contribution in [-0.2, 0) is 23.0 Å². The second kappa shape index (κ2) is 6.94. The molecule has 0 spiro atoms. The number of benzene rings is 2. The van der Waals surface area contributed by atoms with E-state index in [1.165, 1.54) is 10.6 Å². The summed E-state index contributed by atoms with van der Waals surface area (Å²) >= 11 is 0. The van der Waals surface area contributed by atoms with Gasteiger partial charge in [-0.25, -0.2) is 13.4 Å². The predicted octanol–water partition coefficient (Wildman–Crippen LogP) is 2.10. The van der Waals surface area contributed by atoms with E-state index < -0.39 is 10.0 Å². The summed E-state index contributed by atoms with van der Waals surface area (Å²) in [7, 11) is -3.29. The van der Waals surface area contributed by atoms with Gasteiger partial charge < -0.3 is 9.88 Å². The molecule has 0 atom stereocenters. The van der Waals surface area contributed by atoms with E-state index in [0.29, 0.717) is 37.3 Å². The first-order valence-electron chi connectivity index (χ1n) is 9.15. The summed E-state index contributed by atoms with van der Waals surface area (Å²) in [6.45, 7) is 3.49. The molecule has 0 bridgehead atoms. The highest BCUT2D eigenvalue weighted by Gasteiger charge is 2.26. The molecule has 7 nitrogen and oxygen atoms in total. The Hall–Kier alpha value is -2.87. The number of imidazole rings is 1. The summed E-state index contributed by atoms with van der Waals surface area (Å²) in [6.07, 6.45) is 1.81. The number of hydrogen-bond donors (Lipinski definition) is 1. The maximum atomic E-state index is 12.5. The lowest BCUT2D eigenvalue weighted by molar-refractivity contribution is 0.0952. The van der Waals surface area contributed by atoms with Crippen LogP contribution in [0.25, 0.3) is 11.0 Å².